The molecule has 2 aliphatic rings. The number of hydrogen-bond donors (Lipinski definition) is 1. The molecule has 2 nitrogen and oxygen atoms in total. The molecule has 1 heterocycles. The number of nitrogens with one attached hydrogen (secondary N) is 1. The summed E-state index contributed by atoms with van der Waals surface area (Å²) in [4.78, 5) is 2.75. The van der Waals surface area contributed by atoms with E-state index in [2.05, 4.69) is 31.0 Å². The van der Waals surface area contributed by atoms with Gasteiger partial charge in [-0.25, -0.2) is 0 Å². The lowest BCUT2D eigenvalue weighted by Crippen LogP contribution is -2.58. The van der Waals surface area contributed by atoms with Gasteiger partial charge in [-0.05, 0) is 37.6 Å². The van der Waals surface area contributed by atoms with Crippen LogP contribution in [0.2, 0.25) is 0 Å². The van der Waals surface area contributed by atoms with Crippen molar-refractivity contribution in [1.82, 2.24) is 10.2 Å². The maximum atomic E-state index is 3.72. The molecule has 1 aliphatic heterocycles. The van der Waals surface area contributed by atoms with Crippen molar-refractivity contribution in [3.63, 3.8) is 0 Å². The van der Waals surface area contributed by atoms with E-state index in [0.29, 0.717) is 6.04 Å². The van der Waals surface area contributed by atoms with Crippen LogP contribution in [0.4, 0.5) is 0 Å². The minimum atomic E-state index is 0.707. The zero-order valence-electron chi connectivity index (χ0n) is 11.9. The Morgan fingerprint density at radius 1 is 1.29 bits per heavy atom. The van der Waals surface area contributed by atoms with Crippen molar-refractivity contribution in [3.8, 4) is 0 Å². The molecule has 0 spiro atoms. The van der Waals surface area contributed by atoms with Gasteiger partial charge in [-0.1, -0.05) is 33.6 Å². The molecule has 0 aromatic carbocycles. The van der Waals surface area contributed by atoms with Gasteiger partial charge in [-0.3, -0.25) is 4.90 Å². The first kappa shape index (κ1) is 13.4. The average Bonchev–Trinajstić information content (AvgIpc) is 3.13. The van der Waals surface area contributed by atoms with E-state index in [9.17, 15) is 0 Å². The van der Waals surface area contributed by atoms with Crippen LogP contribution >= 0.6 is 0 Å². The van der Waals surface area contributed by atoms with E-state index in [1.165, 1.54) is 51.7 Å². The maximum Gasteiger partial charge on any atom is 0.0218 e. The molecule has 2 fully saturated rings. The number of nitrogens with zero attached hydrogens (tertiary/aromatic N) is 1. The third kappa shape index (κ3) is 3.96. The van der Waals surface area contributed by atoms with Crippen molar-refractivity contribution in [2.24, 2.45) is 11.8 Å². The minimum absolute atomic E-state index is 0.707. The summed E-state index contributed by atoms with van der Waals surface area (Å²) in [5.74, 6) is 1.86. The number of hydrogen-bond acceptors (Lipinski definition) is 2. The van der Waals surface area contributed by atoms with Gasteiger partial charge in [0.25, 0.3) is 0 Å². The van der Waals surface area contributed by atoms with Gasteiger partial charge in [0.15, 0.2) is 0 Å². The fourth-order valence-corrected chi connectivity index (χ4v) is 3.00. The molecule has 100 valence electrons. The predicted molar refractivity (Wildman–Crippen MR) is 74.2 cm³/mol. The summed E-state index contributed by atoms with van der Waals surface area (Å²) in [6, 6.07) is 1.49. The molecule has 2 unspecified atom stereocenters. The quantitative estimate of drug-likeness (QED) is 0.765. The van der Waals surface area contributed by atoms with Crippen LogP contribution in [0.3, 0.4) is 0 Å². The summed E-state index contributed by atoms with van der Waals surface area (Å²) < 4.78 is 0. The first-order chi connectivity index (χ1) is 8.20. The molecule has 2 rings (SSSR count). The maximum absolute atomic E-state index is 3.72. The molecule has 0 aromatic heterocycles. The minimum Gasteiger partial charge on any atom is -0.311 e. The van der Waals surface area contributed by atoms with E-state index in [-0.39, 0.29) is 0 Å². The Labute approximate surface area is 107 Å². The molecule has 1 saturated heterocycles. The summed E-state index contributed by atoms with van der Waals surface area (Å²) in [6.45, 7) is 10.8. The largest absolute Gasteiger partial charge is 0.311 e. The van der Waals surface area contributed by atoms with Crippen LogP contribution in [0.5, 0.6) is 0 Å². The van der Waals surface area contributed by atoms with Crippen molar-refractivity contribution >= 4 is 0 Å². The smallest absolute Gasteiger partial charge is 0.0218 e. The van der Waals surface area contributed by atoms with Crippen LogP contribution in [0, 0.1) is 11.8 Å². The summed E-state index contributed by atoms with van der Waals surface area (Å²) >= 11 is 0. The molecule has 1 N–H and O–H groups in total. The van der Waals surface area contributed by atoms with Gasteiger partial charge in [0.2, 0.25) is 0 Å². The molecule has 0 amide bonds. The van der Waals surface area contributed by atoms with Crippen LogP contribution in [0.25, 0.3) is 0 Å². The van der Waals surface area contributed by atoms with Gasteiger partial charge in [0, 0.05) is 25.2 Å². The zero-order chi connectivity index (χ0) is 12.3. The first-order valence-electron chi connectivity index (χ1n) is 7.68. The predicted octanol–water partition coefficient (Wildman–Crippen LogP) is 2.89. The van der Waals surface area contributed by atoms with Crippen molar-refractivity contribution < 1.29 is 0 Å². The third-order valence-electron chi connectivity index (χ3n) is 4.59. The average molecular weight is 238 g/mol. The summed E-state index contributed by atoms with van der Waals surface area (Å²) in [5, 5.41) is 3.72. The van der Waals surface area contributed by atoms with E-state index in [4.69, 9.17) is 0 Å². The number of piperazine rings is 1. The van der Waals surface area contributed by atoms with Gasteiger partial charge in [0.05, 0.1) is 0 Å². The monoisotopic (exact) mass is 238 g/mol. The second-order valence-electron chi connectivity index (χ2n) is 6.40. The molecule has 0 aromatic rings. The molecule has 2 atom stereocenters. The van der Waals surface area contributed by atoms with E-state index in [1.54, 1.807) is 0 Å². The Morgan fingerprint density at radius 3 is 2.65 bits per heavy atom. The third-order valence-corrected chi connectivity index (χ3v) is 4.59. The van der Waals surface area contributed by atoms with Crippen LogP contribution < -0.4 is 5.32 Å². The Bertz CT molecular complexity index is 223. The zero-order valence-corrected chi connectivity index (χ0v) is 11.9. The highest BCUT2D eigenvalue weighted by Crippen LogP contribution is 2.33. The van der Waals surface area contributed by atoms with Gasteiger partial charge in [-0.15, -0.1) is 0 Å². The molecule has 1 saturated carbocycles. The lowest BCUT2D eigenvalue weighted by Gasteiger charge is -2.41. The molecular weight excluding hydrogens is 208 g/mol. The first-order valence-corrected chi connectivity index (χ1v) is 7.68. The molecular formula is C15H30N2. The second kappa shape index (κ2) is 6.19. The van der Waals surface area contributed by atoms with Crippen molar-refractivity contribution in [3.05, 3.63) is 0 Å². The fourth-order valence-electron chi connectivity index (χ4n) is 3.00. The van der Waals surface area contributed by atoms with E-state index in [1.807, 2.05) is 0 Å². The van der Waals surface area contributed by atoms with Gasteiger partial charge in [-0.2, -0.15) is 0 Å². The fraction of sp³-hybridized carbons (Fsp3) is 1.00. The topological polar surface area (TPSA) is 15.3 Å². The SMILES string of the molecule is CCC1CNC(C(C)C)CN1CCCC1CC1. The Morgan fingerprint density at radius 2 is 2.06 bits per heavy atom. The van der Waals surface area contributed by atoms with Gasteiger partial charge >= 0.3 is 0 Å². The second-order valence-corrected chi connectivity index (χ2v) is 6.40. The van der Waals surface area contributed by atoms with Gasteiger partial charge < -0.3 is 5.32 Å². The van der Waals surface area contributed by atoms with Crippen molar-refractivity contribution in [2.75, 3.05) is 19.6 Å². The van der Waals surface area contributed by atoms with Crippen LogP contribution in [0.1, 0.15) is 52.9 Å². The summed E-state index contributed by atoms with van der Waals surface area (Å²) in [5.41, 5.74) is 0. The van der Waals surface area contributed by atoms with E-state index in [0.717, 1.165) is 17.9 Å². The van der Waals surface area contributed by atoms with E-state index >= 15 is 0 Å². The molecule has 2 heteroatoms. The van der Waals surface area contributed by atoms with Gasteiger partial charge in [0.1, 0.15) is 0 Å². The van der Waals surface area contributed by atoms with E-state index < -0.39 is 0 Å². The lowest BCUT2D eigenvalue weighted by atomic mass is 9.98. The highest BCUT2D eigenvalue weighted by Gasteiger charge is 2.28. The highest BCUT2D eigenvalue weighted by atomic mass is 15.2. The summed E-state index contributed by atoms with van der Waals surface area (Å²) in [7, 11) is 0. The number of rotatable bonds is 6. The molecule has 0 radical (unpaired) electrons. The standard InChI is InChI=1S/C15H30N2/c1-4-14-10-16-15(12(2)3)11-17(14)9-5-6-13-7-8-13/h12-16H,4-11H2,1-3H3. The molecule has 0 bridgehead atoms. The Balaban J connectivity index is 1.76. The normalized spacial score (nSPS) is 31.1. The van der Waals surface area contributed by atoms with Crippen molar-refractivity contribution in [1.29, 1.82) is 0 Å². The Hall–Kier alpha value is -0.0800. The van der Waals surface area contributed by atoms with Crippen LogP contribution in [-0.4, -0.2) is 36.6 Å². The Kier molecular flexibility index (Phi) is 4.87. The highest BCUT2D eigenvalue weighted by molar-refractivity contribution is 4.87. The summed E-state index contributed by atoms with van der Waals surface area (Å²) in [6.07, 6.45) is 7.21. The van der Waals surface area contributed by atoms with Crippen LogP contribution in [-0.2, 0) is 0 Å². The lowest BCUT2D eigenvalue weighted by molar-refractivity contribution is 0.108. The van der Waals surface area contributed by atoms with Crippen molar-refractivity contribution in [2.45, 2.75) is 65.0 Å². The molecule has 1 aliphatic carbocycles. The molecule has 17 heavy (non-hydrogen) atoms. The van der Waals surface area contributed by atoms with Crippen LogP contribution in [0.15, 0.2) is 0 Å².